The van der Waals surface area contributed by atoms with Crippen molar-refractivity contribution >= 4 is 17.3 Å². The third-order valence-electron chi connectivity index (χ3n) is 5.30. The van der Waals surface area contributed by atoms with Crippen LogP contribution in [0.3, 0.4) is 0 Å². The molecule has 5 nitrogen and oxygen atoms in total. The molecule has 2 heterocycles. The number of pyridine rings is 1. The van der Waals surface area contributed by atoms with Crippen LogP contribution in [-0.4, -0.2) is 16.1 Å². The number of benzene rings is 2. The van der Waals surface area contributed by atoms with E-state index in [-0.39, 0.29) is 6.42 Å². The zero-order valence-corrected chi connectivity index (χ0v) is 19.1. The van der Waals surface area contributed by atoms with Gasteiger partial charge in [0.05, 0.1) is 5.69 Å². The highest BCUT2D eigenvalue weighted by atomic mass is 32.1. The molecule has 0 fully saturated rings. The van der Waals surface area contributed by atoms with Crippen LogP contribution in [0.4, 0.5) is 0 Å². The summed E-state index contributed by atoms with van der Waals surface area (Å²) in [5.41, 5.74) is 4.73. The van der Waals surface area contributed by atoms with Gasteiger partial charge in [-0.15, -0.1) is 0 Å². The topological polar surface area (TPSA) is 68.7 Å². The second-order valence-corrected chi connectivity index (χ2v) is 8.47. The highest BCUT2D eigenvalue weighted by Gasteiger charge is 2.20. The second-order valence-electron chi connectivity index (χ2n) is 7.69. The number of thiophene rings is 1. The number of carboxylic acids is 1. The normalized spacial score (nSPS) is 11.7. The summed E-state index contributed by atoms with van der Waals surface area (Å²) < 4.78 is 12.5. The average molecular weight is 460 g/mol. The molecule has 168 valence electrons. The molecule has 4 rings (SSSR count). The lowest BCUT2D eigenvalue weighted by Gasteiger charge is -2.23. The number of aliphatic carboxylic acids is 1. The van der Waals surface area contributed by atoms with Gasteiger partial charge in [0.1, 0.15) is 24.2 Å². The van der Waals surface area contributed by atoms with E-state index in [4.69, 9.17) is 9.47 Å². The number of carboxylic acid groups (broad SMARTS) is 1. The summed E-state index contributed by atoms with van der Waals surface area (Å²) in [5.74, 6) is 0.433. The Bertz CT molecular complexity index is 1190. The number of hydrogen-bond donors (Lipinski definition) is 1. The number of nitrogens with zero attached hydrogens (tertiary/aromatic N) is 1. The summed E-state index contributed by atoms with van der Waals surface area (Å²) in [7, 11) is 0. The summed E-state index contributed by atoms with van der Waals surface area (Å²) >= 11 is 1.63. The first-order valence-corrected chi connectivity index (χ1v) is 11.7. The minimum Gasteiger partial charge on any atom is -0.489 e. The molecule has 0 radical (unpaired) electrons. The number of ether oxygens (including phenoxy) is 2. The van der Waals surface area contributed by atoms with E-state index in [0.29, 0.717) is 24.5 Å². The average Bonchev–Trinajstić information content (AvgIpc) is 3.35. The lowest BCUT2D eigenvalue weighted by atomic mass is 9.99. The molecule has 0 aliphatic carbocycles. The quantitative estimate of drug-likeness (QED) is 0.286. The number of aromatic nitrogens is 1. The first-order chi connectivity index (χ1) is 16.1. The minimum atomic E-state index is -0.852. The lowest BCUT2D eigenvalue weighted by molar-refractivity contribution is -0.137. The summed E-state index contributed by atoms with van der Waals surface area (Å²) in [5, 5.41) is 13.4. The maximum absolute atomic E-state index is 11.3. The highest BCUT2D eigenvalue weighted by Crippen LogP contribution is 2.37. The molecule has 0 spiro atoms. The number of aryl methyl sites for hydroxylation is 1. The van der Waals surface area contributed by atoms with Crippen LogP contribution in [0.1, 0.15) is 35.6 Å². The molecule has 1 N–H and O–H groups in total. The Hall–Kier alpha value is -3.64. The van der Waals surface area contributed by atoms with Gasteiger partial charge in [0, 0.05) is 24.2 Å². The van der Waals surface area contributed by atoms with Gasteiger partial charge in [-0.1, -0.05) is 30.3 Å². The first kappa shape index (κ1) is 22.6. The van der Waals surface area contributed by atoms with E-state index in [1.54, 1.807) is 17.5 Å². The van der Waals surface area contributed by atoms with Crippen LogP contribution in [0.2, 0.25) is 0 Å². The van der Waals surface area contributed by atoms with Crippen LogP contribution in [0.5, 0.6) is 11.5 Å². The molecule has 0 unspecified atom stereocenters. The van der Waals surface area contributed by atoms with E-state index >= 15 is 0 Å². The second kappa shape index (κ2) is 10.8. The molecule has 4 aromatic rings. The van der Waals surface area contributed by atoms with Crippen molar-refractivity contribution in [2.45, 2.75) is 32.5 Å². The van der Waals surface area contributed by atoms with Gasteiger partial charge < -0.3 is 14.6 Å². The Labute approximate surface area is 197 Å². The molecule has 0 amide bonds. The van der Waals surface area contributed by atoms with Gasteiger partial charge in [0.2, 0.25) is 0 Å². The van der Waals surface area contributed by atoms with E-state index in [0.717, 1.165) is 27.9 Å². The summed E-state index contributed by atoms with van der Waals surface area (Å²) in [6.07, 6.45) is 1.68. The third-order valence-corrected chi connectivity index (χ3v) is 6.04. The number of hydrogen-bond acceptors (Lipinski definition) is 5. The summed E-state index contributed by atoms with van der Waals surface area (Å²) in [6, 6.07) is 21.4. The SMILES string of the molecule is Cc1ccccc1[C@H](CCC(=O)O)Oc1cc(OCc2ccsc2)ccc1-c1ccccn1. The van der Waals surface area contributed by atoms with Crippen molar-refractivity contribution in [2.75, 3.05) is 0 Å². The van der Waals surface area contributed by atoms with Gasteiger partial charge in [-0.3, -0.25) is 9.78 Å². The fourth-order valence-electron chi connectivity index (χ4n) is 3.60. The van der Waals surface area contributed by atoms with E-state index in [9.17, 15) is 9.90 Å². The van der Waals surface area contributed by atoms with Crippen LogP contribution in [0.25, 0.3) is 11.3 Å². The van der Waals surface area contributed by atoms with E-state index < -0.39 is 12.1 Å². The molecule has 1 atom stereocenters. The molecule has 0 bridgehead atoms. The van der Waals surface area contributed by atoms with E-state index in [1.807, 2.05) is 79.0 Å². The Balaban J connectivity index is 1.68. The van der Waals surface area contributed by atoms with Gasteiger partial charge in [-0.25, -0.2) is 0 Å². The highest BCUT2D eigenvalue weighted by molar-refractivity contribution is 7.07. The minimum absolute atomic E-state index is 0.00622. The van der Waals surface area contributed by atoms with E-state index in [1.165, 1.54) is 0 Å². The monoisotopic (exact) mass is 459 g/mol. The van der Waals surface area contributed by atoms with Crippen LogP contribution in [0, 0.1) is 6.92 Å². The molecule has 33 heavy (non-hydrogen) atoms. The van der Waals surface area contributed by atoms with Crippen molar-refractivity contribution < 1.29 is 19.4 Å². The van der Waals surface area contributed by atoms with Gasteiger partial charge in [-0.2, -0.15) is 11.3 Å². The van der Waals surface area contributed by atoms with Gasteiger partial charge in [0.25, 0.3) is 0 Å². The Morgan fingerprint density at radius 1 is 1.09 bits per heavy atom. The maximum Gasteiger partial charge on any atom is 0.303 e. The Kier molecular flexibility index (Phi) is 7.37. The van der Waals surface area contributed by atoms with Crippen molar-refractivity contribution in [2.24, 2.45) is 0 Å². The predicted molar refractivity (Wildman–Crippen MR) is 130 cm³/mol. The van der Waals surface area contributed by atoms with Gasteiger partial charge in [0.15, 0.2) is 0 Å². The molecular weight excluding hydrogens is 434 g/mol. The lowest BCUT2D eigenvalue weighted by Crippen LogP contribution is -2.12. The van der Waals surface area contributed by atoms with E-state index in [2.05, 4.69) is 10.4 Å². The summed E-state index contributed by atoms with van der Waals surface area (Å²) in [4.78, 5) is 15.8. The molecule has 0 aliphatic rings. The Morgan fingerprint density at radius 2 is 1.94 bits per heavy atom. The van der Waals surface area contributed by atoms with Gasteiger partial charge in [-0.05, 0) is 71.1 Å². The van der Waals surface area contributed by atoms with Crippen molar-refractivity contribution in [1.82, 2.24) is 4.98 Å². The predicted octanol–water partition coefficient (Wildman–Crippen LogP) is 6.68. The number of carbonyl (C=O) groups is 1. The van der Waals surface area contributed by atoms with Crippen LogP contribution < -0.4 is 9.47 Å². The third kappa shape index (κ3) is 5.99. The summed E-state index contributed by atoms with van der Waals surface area (Å²) in [6.45, 7) is 2.47. The first-order valence-electron chi connectivity index (χ1n) is 10.7. The molecule has 0 saturated carbocycles. The Morgan fingerprint density at radius 3 is 2.67 bits per heavy atom. The van der Waals surface area contributed by atoms with Crippen LogP contribution in [0.15, 0.2) is 83.7 Å². The maximum atomic E-state index is 11.3. The fourth-order valence-corrected chi connectivity index (χ4v) is 4.25. The molecule has 2 aromatic carbocycles. The van der Waals surface area contributed by atoms with Crippen molar-refractivity contribution in [3.63, 3.8) is 0 Å². The molecular formula is C27H25NO4S. The number of rotatable bonds is 10. The smallest absolute Gasteiger partial charge is 0.303 e. The standard InChI is InChI=1S/C27H25NO4S/c1-19-6-2-3-7-22(19)25(11-12-27(29)30)32-26-16-21(31-17-20-13-15-33-18-20)9-10-23(26)24-8-4-5-14-28-24/h2-10,13-16,18,25H,11-12,17H2,1H3,(H,29,30)/t25-/m0/s1. The zero-order valence-electron chi connectivity index (χ0n) is 18.3. The van der Waals surface area contributed by atoms with Crippen molar-refractivity contribution in [1.29, 1.82) is 0 Å². The molecule has 2 aromatic heterocycles. The fraction of sp³-hybridized carbons (Fsp3) is 0.185. The largest absolute Gasteiger partial charge is 0.489 e. The van der Waals surface area contributed by atoms with Crippen LogP contribution in [-0.2, 0) is 11.4 Å². The molecule has 0 saturated heterocycles. The zero-order chi connectivity index (χ0) is 23.0. The van der Waals surface area contributed by atoms with Crippen molar-refractivity contribution in [3.05, 3.63) is 100 Å². The van der Waals surface area contributed by atoms with Crippen molar-refractivity contribution in [3.8, 4) is 22.8 Å². The van der Waals surface area contributed by atoms with Crippen LogP contribution >= 0.6 is 11.3 Å². The molecule has 0 aliphatic heterocycles. The van der Waals surface area contributed by atoms with Gasteiger partial charge >= 0.3 is 5.97 Å². The molecule has 6 heteroatoms.